The van der Waals surface area contributed by atoms with Crippen molar-refractivity contribution in [3.63, 3.8) is 0 Å². The molecule has 2 aromatic rings. The van der Waals surface area contributed by atoms with Crippen LogP contribution in [0.2, 0.25) is 0 Å². The van der Waals surface area contributed by atoms with E-state index in [9.17, 15) is 10.2 Å². The Morgan fingerprint density at radius 3 is 2.89 bits per heavy atom. The molecule has 4 unspecified atom stereocenters. The molecular formula is C20H31N5O2. The van der Waals surface area contributed by atoms with E-state index in [-0.39, 0.29) is 24.6 Å². The summed E-state index contributed by atoms with van der Waals surface area (Å²) in [5.74, 6) is 0.848. The quantitative estimate of drug-likeness (QED) is 0.617. The van der Waals surface area contributed by atoms with Gasteiger partial charge in [-0.25, -0.2) is 9.97 Å². The van der Waals surface area contributed by atoms with Gasteiger partial charge in [0.2, 0.25) is 0 Å². The third-order valence-electron chi connectivity index (χ3n) is 6.32. The molecule has 0 spiro atoms. The lowest BCUT2D eigenvalue weighted by molar-refractivity contribution is 0.0271. The maximum atomic E-state index is 11.0. The predicted octanol–water partition coefficient (Wildman–Crippen LogP) is 1.82. The molecule has 0 aromatic carbocycles. The van der Waals surface area contributed by atoms with Crippen molar-refractivity contribution >= 4 is 16.9 Å². The summed E-state index contributed by atoms with van der Waals surface area (Å²) < 4.78 is 0. The zero-order chi connectivity index (χ0) is 18.6. The average Bonchev–Trinajstić information content (AvgIpc) is 3.19. The maximum absolute atomic E-state index is 11.0. The molecule has 2 saturated heterocycles. The number of piperidine rings is 2. The molecule has 7 heteroatoms. The Morgan fingerprint density at radius 1 is 1.19 bits per heavy atom. The first kappa shape index (κ1) is 18.7. The lowest BCUT2D eigenvalue weighted by atomic mass is 9.84. The number of H-pyrrole nitrogens is 1. The molecule has 4 heterocycles. The Labute approximate surface area is 160 Å². The Balaban J connectivity index is 1.51. The van der Waals surface area contributed by atoms with Gasteiger partial charge in [0.15, 0.2) is 0 Å². The van der Waals surface area contributed by atoms with Crippen molar-refractivity contribution in [1.29, 1.82) is 0 Å². The van der Waals surface area contributed by atoms with E-state index in [0.717, 1.165) is 49.2 Å². The Kier molecular flexibility index (Phi) is 5.90. The van der Waals surface area contributed by atoms with E-state index >= 15 is 0 Å². The van der Waals surface area contributed by atoms with Crippen molar-refractivity contribution in [2.75, 3.05) is 24.6 Å². The number of aromatic amines is 1. The van der Waals surface area contributed by atoms with E-state index in [0.29, 0.717) is 6.42 Å². The SMILES string of the molecule is OCC(C(O)CC1CCCCN1c1ncnc2[nH]ccc12)C1CCCCN1. The van der Waals surface area contributed by atoms with Crippen molar-refractivity contribution in [3.8, 4) is 0 Å². The summed E-state index contributed by atoms with van der Waals surface area (Å²) in [6, 6.07) is 2.47. The lowest BCUT2D eigenvalue weighted by Crippen LogP contribution is -2.49. The summed E-state index contributed by atoms with van der Waals surface area (Å²) in [4.78, 5) is 14.4. The highest BCUT2D eigenvalue weighted by Gasteiger charge is 2.33. The van der Waals surface area contributed by atoms with Crippen LogP contribution in [0.25, 0.3) is 11.0 Å². The highest BCUT2D eigenvalue weighted by Crippen LogP contribution is 2.32. The summed E-state index contributed by atoms with van der Waals surface area (Å²) in [6.07, 6.45) is 10.4. The molecule has 27 heavy (non-hydrogen) atoms. The Bertz CT molecular complexity index is 730. The third-order valence-corrected chi connectivity index (χ3v) is 6.32. The van der Waals surface area contributed by atoms with Gasteiger partial charge < -0.3 is 25.4 Å². The largest absolute Gasteiger partial charge is 0.396 e. The molecule has 7 nitrogen and oxygen atoms in total. The van der Waals surface area contributed by atoms with E-state index in [1.807, 2.05) is 12.3 Å². The van der Waals surface area contributed by atoms with Crippen LogP contribution in [0.1, 0.15) is 44.9 Å². The van der Waals surface area contributed by atoms with Crippen LogP contribution >= 0.6 is 0 Å². The van der Waals surface area contributed by atoms with Crippen molar-refractivity contribution in [2.24, 2.45) is 5.92 Å². The number of aliphatic hydroxyl groups excluding tert-OH is 2. The standard InChI is InChI=1S/C20H31N5O2/c26-12-16(17-6-1-3-8-21-17)18(27)11-14-5-2-4-10-25(14)20-15-7-9-22-19(15)23-13-24-20/h7,9,13-14,16-18,21,26-27H,1-6,8,10-12H2,(H,22,23,24). The molecule has 0 saturated carbocycles. The molecule has 0 radical (unpaired) electrons. The number of hydrogen-bond donors (Lipinski definition) is 4. The van der Waals surface area contributed by atoms with Gasteiger partial charge in [0.1, 0.15) is 17.8 Å². The molecule has 0 bridgehead atoms. The van der Waals surface area contributed by atoms with Crippen LogP contribution in [0.5, 0.6) is 0 Å². The highest BCUT2D eigenvalue weighted by atomic mass is 16.3. The zero-order valence-corrected chi connectivity index (χ0v) is 15.8. The van der Waals surface area contributed by atoms with Crippen molar-refractivity contribution in [3.05, 3.63) is 18.6 Å². The van der Waals surface area contributed by atoms with Gasteiger partial charge >= 0.3 is 0 Å². The Hall–Kier alpha value is -1.70. The molecule has 4 atom stereocenters. The fraction of sp³-hybridized carbons (Fsp3) is 0.700. The van der Waals surface area contributed by atoms with Crippen molar-refractivity contribution < 1.29 is 10.2 Å². The first-order chi connectivity index (χ1) is 13.3. The van der Waals surface area contributed by atoms with E-state index in [2.05, 4.69) is 25.2 Å². The first-order valence-corrected chi connectivity index (χ1v) is 10.3. The Morgan fingerprint density at radius 2 is 2.07 bits per heavy atom. The molecule has 0 amide bonds. The second kappa shape index (κ2) is 8.54. The monoisotopic (exact) mass is 373 g/mol. The number of hydrogen-bond acceptors (Lipinski definition) is 6. The molecule has 2 fully saturated rings. The first-order valence-electron chi connectivity index (χ1n) is 10.3. The van der Waals surface area contributed by atoms with Crippen LogP contribution in [0.15, 0.2) is 18.6 Å². The molecule has 2 aliphatic rings. The van der Waals surface area contributed by atoms with Crippen LogP contribution in [-0.2, 0) is 0 Å². The average molecular weight is 374 g/mol. The second-order valence-corrected chi connectivity index (χ2v) is 7.99. The molecule has 4 N–H and O–H groups in total. The van der Waals surface area contributed by atoms with Gasteiger partial charge in [0, 0.05) is 37.4 Å². The van der Waals surface area contributed by atoms with Gasteiger partial charge in [-0.15, -0.1) is 0 Å². The summed E-state index contributed by atoms with van der Waals surface area (Å²) in [7, 11) is 0. The number of nitrogens with one attached hydrogen (secondary N) is 2. The fourth-order valence-corrected chi connectivity index (χ4v) is 4.83. The molecule has 0 aliphatic carbocycles. The van der Waals surface area contributed by atoms with Crippen molar-refractivity contribution in [2.45, 2.75) is 63.1 Å². The van der Waals surface area contributed by atoms with E-state index in [1.54, 1.807) is 6.33 Å². The lowest BCUT2D eigenvalue weighted by Gasteiger charge is -2.40. The van der Waals surface area contributed by atoms with E-state index in [4.69, 9.17) is 0 Å². The molecule has 2 aliphatic heterocycles. The third kappa shape index (κ3) is 3.95. The highest BCUT2D eigenvalue weighted by molar-refractivity contribution is 5.87. The van der Waals surface area contributed by atoms with Crippen LogP contribution in [-0.4, -0.2) is 63.0 Å². The topological polar surface area (TPSA) is 97.3 Å². The van der Waals surface area contributed by atoms with Crippen LogP contribution < -0.4 is 10.2 Å². The van der Waals surface area contributed by atoms with E-state index in [1.165, 1.54) is 19.3 Å². The van der Waals surface area contributed by atoms with Gasteiger partial charge in [-0.1, -0.05) is 6.42 Å². The molecular weight excluding hydrogens is 342 g/mol. The van der Waals surface area contributed by atoms with Gasteiger partial charge in [0.25, 0.3) is 0 Å². The maximum Gasteiger partial charge on any atom is 0.142 e. The summed E-state index contributed by atoms with van der Waals surface area (Å²) in [5.41, 5.74) is 0.851. The van der Waals surface area contributed by atoms with Crippen LogP contribution in [0.4, 0.5) is 5.82 Å². The smallest absolute Gasteiger partial charge is 0.142 e. The van der Waals surface area contributed by atoms with Gasteiger partial charge in [-0.2, -0.15) is 0 Å². The zero-order valence-electron chi connectivity index (χ0n) is 15.8. The minimum atomic E-state index is -0.514. The van der Waals surface area contributed by atoms with Crippen LogP contribution in [0, 0.1) is 5.92 Å². The summed E-state index contributed by atoms with van der Waals surface area (Å²) in [6.45, 7) is 1.96. The summed E-state index contributed by atoms with van der Waals surface area (Å²) in [5, 5.41) is 25.4. The minimum Gasteiger partial charge on any atom is -0.396 e. The number of fused-ring (bicyclic) bond motifs is 1. The summed E-state index contributed by atoms with van der Waals surface area (Å²) >= 11 is 0. The van der Waals surface area contributed by atoms with Crippen LogP contribution in [0.3, 0.4) is 0 Å². The number of aromatic nitrogens is 3. The van der Waals surface area contributed by atoms with Gasteiger partial charge in [0.05, 0.1) is 11.5 Å². The minimum absolute atomic E-state index is 0.0289. The second-order valence-electron chi connectivity index (χ2n) is 7.99. The normalized spacial score (nSPS) is 26.2. The van der Waals surface area contributed by atoms with Gasteiger partial charge in [-0.05, 0) is 51.1 Å². The molecule has 148 valence electrons. The number of aliphatic hydroxyl groups is 2. The number of anilines is 1. The fourth-order valence-electron chi connectivity index (χ4n) is 4.83. The van der Waals surface area contributed by atoms with Crippen molar-refractivity contribution in [1.82, 2.24) is 20.3 Å². The van der Waals surface area contributed by atoms with E-state index < -0.39 is 6.10 Å². The molecule has 2 aromatic heterocycles. The number of nitrogens with zero attached hydrogens (tertiary/aromatic N) is 3. The number of rotatable bonds is 6. The van der Waals surface area contributed by atoms with Gasteiger partial charge in [-0.3, -0.25) is 0 Å². The molecule has 4 rings (SSSR count). The predicted molar refractivity (Wildman–Crippen MR) is 106 cm³/mol.